The Morgan fingerprint density at radius 2 is 1.78 bits per heavy atom. The maximum absolute atomic E-state index is 12.8. The maximum Gasteiger partial charge on any atom is 0.264 e. The van der Waals surface area contributed by atoms with Crippen molar-refractivity contribution in [1.82, 2.24) is 0 Å². The molecule has 0 aromatic heterocycles. The van der Waals surface area contributed by atoms with Crippen LogP contribution in [-0.4, -0.2) is 20.1 Å². The second-order valence-electron chi connectivity index (χ2n) is 4.57. The van der Waals surface area contributed by atoms with Crippen LogP contribution in [0.4, 0.5) is 11.4 Å². The van der Waals surface area contributed by atoms with E-state index in [9.17, 15) is 8.42 Å². The molecular formula is C15H16N4O2S2. The molecule has 0 heterocycles. The summed E-state index contributed by atoms with van der Waals surface area (Å²) in [6, 6.07) is 15.1. The Hall–Kier alpha value is -2.32. The van der Waals surface area contributed by atoms with Gasteiger partial charge in [0.1, 0.15) is 0 Å². The number of anilines is 2. The van der Waals surface area contributed by atoms with E-state index in [2.05, 4.69) is 10.4 Å². The first-order valence-electron chi connectivity index (χ1n) is 6.85. The van der Waals surface area contributed by atoms with Crippen LogP contribution < -0.4 is 9.62 Å². The highest BCUT2D eigenvalue weighted by Gasteiger charge is 2.23. The fourth-order valence-corrected chi connectivity index (χ4v) is 3.67. The third kappa shape index (κ3) is 3.91. The van der Waals surface area contributed by atoms with Gasteiger partial charge in [-0.3, -0.25) is 4.31 Å². The van der Waals surface area contributed by atoms with Gasteiger partial charge >= 0.3 is 0 Å². The zero-order chi connectivity index (χ0) is 16.9. The molecule has 0 saturated carbocycles. The normalized spacial score (nSPS) is 10.8. The number of rotatable bonds is 5. The van der Waals surface area contributed by atoms with Gasteiger partial charge in [-0.25, -0.2) is 13.9 Å². The number of nitrogens with zero attached hydrogens (tertiary/aromatic N) is 2. The summed E-state index contributed by atoms with van der Waals surface area (Å²) in [7, 11) is -3.64. The van der Waals surface area contributed by atoms with Gasteiger partial charge in [-0.2, -0.15) is 0 Å². The molecule has 0 atom stereocenters. The Balaban J connectivity index is 2.31. The highest BCUT2D eigenvalue weighted by Crippen LogP contribution is 2.24. The van der Waals surface area contributed by atoms with E-state index < -0.39 is 10.0 Å². The van der Waals surface area contributed by atoms with Crippen LogP contribution in [-0.2, 0) is 10.0 Å². The van der Waals surface area contributed by atoms with E-state index in [-0.39, 0.29) is 10.0 Å². The number of hydrogen-bond acceptors (Lipinski definition) is 4. The van der Waals surface area contributed by atoms with E-state index in [1.54, 1.807) is 43.3 Å². The summed E-state index contributed by atoms with van der Waals surface area (Å²) in [5.74, 6) is 0. The minimum Gasteiger partial charge on any atom is -0.330 e. The van der Waals surface area contributed by atoms with E-state index in [0.717, 1.165) is 0 Å². The van der Waals surface area contributed by atoms with Gasteiger partial charge < -0.3 is 5.32 Å². The Morgan fingerprint density at radius 1 is 1.17 bits per heavy atom. The molecule has 0 aliphatic carbocycles. The molecule has 2 aromatic carbocycles. The van der Waals surface area contributed by atoms with Gasteiger partial charge in [0.25, 0.3) is 10.0 Å². The lowest BCUT2D eigenvalue weighted by molar-refractivity contribution is 0.592. The number of thiocarbonyl (C=S) groups is 1. The van der Waals surface area contributed by atoms with Gasteiger partial charge in [0.15, 0.2) is 0 Å². The van der Waals surface area contributed by atoms with Crippen molar-refractivity contribution in [2.45, 2.75) is 11.8 Å². The van der Waals surface area contributed by atoms with Gasteiger partial charge in [-0.1, -0.05) is 18.2 Å². The SMILES string of the molecule is CCN(c1ccccc1)S(=O)(=O)c1ccc(NC(=S)N=N)cc1. The maximum atomic E-state index is 12.8. The molecule has 8 heteroatoms. The van der Waals surface area contributed by atoms with E-state index in [0.29, 0.717) is 17.9 Å². The number of benzene rings is 2. The van der Waals surface area contributed by atoms with Crippen LogP contribution in [0.5, 0.6) is 0 Å². The Morgan fingerprint density at radius 3 is 2.30 bits per heavy atom. The van der Waals surface area contributed by atoms with Gasteiger partial charge in [0.2, 0.25) is 5.11 Å². The summed E-state index contributed by atoms with van der Waals surface area (Å²) in [4.78, 5) is 0.183. The van der Waals surface area contributed by atoms with Crippen molar-refractivity contribution in [2.24, 2.45) is 5.11 Å². The van der Waals surface area contributed by atoms with Crippen LogP contribution in [0.25, 0.3) is 0 Å². The summed E-state index contributed by atoms with van der Waals surface area (Å²) in [5, 5.41) is 5.81. The molecule has 0 unspecified atom stereocenters. The van der Waals surface area contributed by atoms with E-state index in [4.69, 9.17) is 17.7 Å². The zero-order valence-electron chi connectivity index (χ0n) is 12.4. The first-order valence-corrected chi connectivity index (χ1v) is 8.70. The number of sulfonamides is 1. The number of nitrogens with one attached hydrogen (secondary N) is 2. The topological polar surface area (TPSA) is 85.6 Å². The molecule has 0 aliphatic heterocycles. The van der Waals surface area contributed by atoms with E-state index >= 15 is 0 Å². The molecule has 0 amide bonds. The second-order valence-corrected chi connectivity index (χ2v) is 6.82. The Bertz CT molecular complexity index is 790. The summed E-state index contributed by atoms with van der Waals surface area (Å²) in [6.45, 7) is 2.11. The lowest BCUT2D eigenvalue weighted by Crippen LogP contribution is -2.30. The highest BCUT2D eigenvalue weighted by atomic mass is 32.2. The lowest BCUT2D eigenvalue weighted by atomic mass is 10.3. The van der Waals surface area contributed by atoms with E-state index in [1.807, 2.05) is 6.07 Å². The average Bonchev–Trinajstić information content (AvgIpc) is 2.56. The van der Waals surface area contributed by atoms with Crippen LogP contribution in [0.15, 0.2) is 64.6 Å². The highest BCUT2D eigenvalue weighted by molar-refractivity contribution is 7.92. The third-order valence-electron chi connectivity index (χ3n) is 3.13. The fourth-order valence-electron chi connectivity index (χ4n) is 2.07. The molecule has 2 aromatic rings. The van der Waals surface area contributed by atoms with Crippen molar-refractivity contribution < 1.29 is 8.42 Å². The molecule has 2 rings (SSSR count). The van der Waals surface area contributed by atoms with Crippen molar-refractivity contribution in [2.75, 3.05) is 16.2 Å². The summed E-state index contributed by atoms with van der Waals surface area (Å²) < 4.78 is 26.9. The molecule has 2 N–H and O–H groups in total. The number of para-hydroxylation sites is 1. The predicted octanol–water partition coefficient (Wildman–Crippen LogP) is 3.63. The zero-order valence-corrected chi connectivity index (χ0v) is 14.1. The molecule has 120 valence electrons. The van der Waals surface area contributed by atoms with Crippen LogP contribution in [0, 0.1) is 5.53 Å². The standard InChI is InChI=1S/C15H16N4O2S2/c1-2-19(13-6-4-3-5-7-13)23(20,21)14-10-8-12(9-11-14)17-15(22)18-16/h3-11,16H,2H2,1H3,(H,17,22). The van der Waals surface area contributed by atoms with Gasteiger partial charge in [-0.05, 0) is 55.5 Å². The Kier molecular flexibility index (Phi) is 5.41. The number of hydrogen-bond donors (Lipinski definition) is 2. The second kappa shape index (κ2) is 7.30. The van der Waals surface area contributed by atoms with Crippen LogP contribution in [0.2, 0.25) is 0 Å². The minimum atomic E-state index is -3.64. The molecule has 0 spiro atoms. The molecule has 23 heavy (non-hydrogen) atoms. The van der Waals surface area contributed by atoms with Crippen molar-refractivity contribution in [3.8, 4) is 0 Å². The molecule has 0 fully saturated rings. The van der Waals surface area contributed by atoms with Crippen molar-refractivity contribution >= 4 is 38.7 Å². The largest absolute Gasteiger partial charge is 0.330 e. The predicted molar refractivity (Wildman–Crippen MR) is 94.5 cm³/mol. The molecule has 0 bridgehead atoms. The molecule has 0 radical (unpaired) electrons. The van der Waals surface area contributed by atoms with Crippen LogP contribution in [0.3, 0.4) is 0 Å². The van der Waals surface area contributed by atoms with Crippen molar-refractivity contribution in [3.63, 3.8) is 0 Å². The monoisotopic (exact) mass is 348 g/mol. The van der Waals surface area contributed by atoms with Crippen molar-refractivity contribution in [3.05, 3.63) is 54.6 Å². The van der Waals surface area contributed by atoms with E-state index in [1.165, 1.54) is 16.4 Å². The van der Waals surface area contributed by atoms with Gasteiger partial charge in [0.05, 0.1) is 10.6 Å². The smallest absolute Gasteiger partial charge is 0.264 e. The molecule has 6 nitrogen and oxygen atoms in total. The van der Waals surface area contributed by atoms with Crippen molar-refractivity contribution in [1.29, 1.82) is 5.53 Å². The summed E-state index contributed by atoms with van der Waals surface area (Å²) in [5.41, 5.74) is 7.99. The minimum absolute atomic E-state index is 0.0140. The third-order valence-corrected chi connectivity index (χ3v) is 5.24. The molecule has 0 saturated heterocycles. The van der Waals surface area contributed by atoms with Gasteiger partial charge in [0, 0.05) is 12.2 Å². The summed E-state index contributed by atoms with van der Waals surface area (Å²) >= 11 is 4.78. The first-order chi connectivity index (χ1) is 11.0. The quantitative estimate of drug-likeness (QED) is 0.638. The first kappa shape index (κ1) is 17.0. The van der Waals surface area contributed by atoms with Crippen LogP contribution in [0.1, 0.15) is 6.92 Å². The summed E-state index contributed by atoms with van der Waals surface area (Å²) in [6.07, 6.45) is 0. The fraction of sp³-hybridized carbons (Fsp3) is 0.133. The average molecular weight is 348 g/mol. The molecule has 0 aliphatic rings. The lowest BCUT2D eigenvalue weighted by Gasteiger charge is -2.23. The molecular weight excluding hydrogens is 332 g/mol. The van der Waals surface area contributed by atoms with Gasteiger partial charge in [-0.15, -0.1) is 5.11 Å². The Labute approximate surface area is 140 Å². The van der Waals surface area contributed by atoms with Crippen LogP contribution >= 0.6 is 12.2 Å².